The molecule has 38 heavy (non-hydrogen) atoms. The summed E-state index contributed by atoms with van der Waals surface area (Å²) in [7, 11) is 1.68. The molecule has 0 unspecified atom stereocenters. The summed E-state index contributed by atoms with van der Waals surface area (Å²) in [4.78, 5) is 23.2. The third-order valence-corrected chi connectivity index (χ3v) is 7.50. The van der Waals surface area contributed by atoms with E-state index in [0.29, 0.717) is 17.5 Å². The number of aromatic nitrogens is 3. The smallest absolute Gasteiger partial charge is 0.272 e. The van der Waals surface area contributed by atoms with Gasteiger partial charge in [-0.25, -0.2) is 9.50 Å². The number of carbonyl (C=O) groups excluding carboxylic acids is 1. The number of benzene rings is 1. The van der Waals surface area contributed by atoms with Gasteiger partial charge in [-0.2, -0.15) is 5.10 Å². The van der Waals surface area contributed by atoms with E-state index in [0.717, 1.165) is 73.5 Å². The minimum absolute atomic E-state index is 0.0176. The minimum Gasteiger partial charge on any atom is -0.497 e. The number of carbonyl (C=O) groups is 1. The second-order valence-electron chi connectivity index (χ2n) is 11.4. The van der Waals surface area contributed by atoms with Gasteiger partial charge in [0.15, 0.2) is 5.65 Å². The number of fused-ring (bicyclic) bond motifs is 1. The first-order chi connectivity index (χ1) is 18.4. The van der Waals surface area contributed by atoms with Crippen molar-refractivity contribution in [3.63, 3.8) is 0 Å². The van der Waals surface area contributed by atoms with Crippen LogP contribution in [0.15, 0.2) is 36.5 Å². The van der Waals surface area contributed by atoms with Crippen LogP contribution >= 0.6 is 0 Å². The lowest BCUT2D eigenvalue weighted by molar-refractivity contribution is 0.0735. The Labute approximate surface area is 228 Å². The maximum Gasteiger partial charge on any atom is 0.272 e. The van der Waals surface area contributed by atoms with Crippen molar-refractivity contribution < 1.29 is 9.53 Å². The van der Waals surface area contributed by atoms with Gasteiger partial charge in [0.05, 0.1) is 12.8 Å². The maximum atomic E-state index is 13.7. The van der Waals surface area contributed by atoms with Gasteiger partial charge in [0.1, 0.15) is 11.4 Å². The van der Waals surface area contributed by atoms with Gasteiger partial charge in [0, 0.05) is 30.4 Å². The summed E-state index contributed by atoms with van der Waals surface area (Å²) in [5.41, 5.74) is 4.38. The van der Waals surface area contributed by atoms with Gasteiger partial charge in [-0.15, -0.1) is 0 Å². The molecule has 0 radical (unpaired) electrons. The fraction of sp³-hybridized carbons (Fsp3) is 0.581. The highest BCUT2D eigenvalue weighted by molar-refractivity contribution is 5.93. The summed E-state index contributed by atoms with van der Waals surface area (Å²) >= 11 is 0. The van der Waals surface area contributed by atoms with Crippen molar-refractivity contribution in [1.29, 1.82) is 0 Å². The van der Waals surface area contributed by atoms with Crippen LogP contribution in [0.3, 0.4) is 0 Å². The van der Waals surface area contributed by atoms with Crippen LogP contribution < -0.4 is 4.74 Å². The maximum absolute atomic E-state index is 13.7. The second-order valence-corrected chi connectivity index (χ2v) is 11.4. The lowest BCUT2D eigenvalue weighted by Gasteiger charge is -2.24. The fourth-order valence-corrected chi connectivity index (χ4v) is 5.10. The zero-order chi connectivity index (χ0) is 27.1. The topological polar surface area (TPSA) is 63.0 Å². The molecule has 4 rings (SSSR count). The molecular formula is C31H45N5O2. The van der Waals surface area contributed by atoms with Gasteiger partial charge in [-0.05, 0) is 100 Å². The van der Waals surface area contributed by atoms with Crippen molar-refractivity contribution in [3.05, 3.63) is 47.8 Å². The number of aryl methyl sites for hydroxylation is 1. The Bertz CT molecular complexity index is 1170. The van der Waals surface area contributed by atoms with Crippen molar-refractivity contribution in [3.8, 4) is 17.0 Å². The highest BCUT2D eigenvalue weighted by Gasteiger charge is 2.22. The molecular weight excluding hydrogens is 474 g/mol. The van der Waals surface area contributed by atoms with Crippen LogP contribution in [-0.4, -0.2) is 70.1 Å². The lowest BCUT2D eigenvalue weighted by atomic mass is 10.0. The van der Waals surface area contributed by atoms with E-state index in [1.54, 1.807) is 7.11 Å². The molecule has 1 fully saturated rings. The van der Waals surface area contributed by atoms with Gasteiger partial charge in [-0.1, -0.05) is 27.7 Å². The molecule has 3 heterocycles. The Hall–Kier alpha value is -2.93. The van der Waals surface area contributed by atoms with E-state index in [-0.39, 0.29) is 5.91 Å². The number of rotatable bonds is 13. The van der Waals surface area contributed by atoms with Crippen LogP contribution in [-0.2, 0) is 6.42 Å². The molecule has 206 valence electrons. The molecule has 3 aromatic rings. The van der Waals surface area contributed by atoms with Gasteiger partial charge >= 0.3 is 0 Å². The second kappa shape index (κ2) is 13.2. The Morgan fingerprint density at radius 1 is 1.00 bits per heavy atom. The van der Waals surface area contributed by atoms with Crippen molar-refractivity contribution >= 4 is 11.6 Å². The van der Waals surface area contributed by atoms with Crippen LogP contribution in [0.25, 0.3) is 16.9 Å². The zero-order valence-electron chi connectivity index (χ0n) is 23.9. The molecule has 7 nitrogen and oxygen atoms in total. The number of hydrogen-bond donors (Lipinski definition) is 0. The van der Waals surface area contributed by atoms with E-state index in [1.165, 1.54) is 25.9 Å². The molecule has 2 aromatic heterocycles. The molecule has 1 amide bonds. The molecule has 1 saturated heterocycles. The quantitative estimate of drug-likeness (QED) is 0.278. The number of nitrogens with zero attached hydrogens (tertiary/aromatic N) is 5. The van der Waals surface area contributed by atoms with Crippen molar-refractivity contribution in [2.45, 2.75) is 66.2 Å². The van der Waals surface area contributed by atoms with E-state index >= 15 is 0 Å². The van der Waals surface area contributed by atoms with E-state index in [2.05, 4.69) is 44.7 Å². The van der Waals surface area contributed by atoms with Gasteiger partial charge in [0.25, 0.3) is 5.91 Å². The Kier molecular flexibility index (Phi) is 9.78. The van der Waals surface area contributed by atoms with Crippen LogP contribution in [0.5, 0.6) is 5.75 Å². The van der Waals surface area contributed by atoms with Crippen LogP contribution in [0.1, 0.15) is 75.9 Å². The number of ether oxygens (including phenoxy) is 1. The molecule has 0 saturated carbocycles. The van der Waals surface area contributed by atoms with Crippen LogP contribution in [0.2, 0.25) is 0 Å². The van der Waals surface area contributed by atoms with Crippen molar-refractivity contribution in [2.24, 2.45) is 11.8 Å². The van der Waals surface area contributed by atoms with Crippen molar-refractivity contribution in [1.82, 2.24) is 24.4 Å². The molecule has 1 aliphatic rings. The Balaban J connectivity index is 1.65. The van der Waals surface area contributed by atoms with Gasteiger partial charge < -0.3 is 14.5 Å². The SMILES string of the molecule is COc1ccc(-c2nn3ccc(C(=O)N(CCC(C)C)CCC(C)C)nc3c2CCCN2CCCC2)cc1. The fourth-order valence-electron chi connectivity index (χ4n) is 5.10. The Morgan fingerprint density at radius 3 is 2.26 bits per heavy atom. The summed E-state index contributed by atoms with van der Waals surface area (Å²) < 4.78 is 7.21. The molecule has 7 heteroatoms. The van der Waals surface area contributed by atoms with E-state index in [4.69, 9.17) is 14.8 Å². The highest BCUT2D eigenvalue weighted by atomic mass is 16.5. The van der Waals surface area contributed by atoms with Crippen LogP contribution in [0.4, 0.5) is 0 Å². The summed E-state index contributed by atoms with van der Waals surface area (Å²) in [5, 5.41) is 4.93. The molecule has 0 aliphatic carbocycles. The average molecular weight is 520 g/mol. The zero-order valence-corrected chi connectivity index (χ0v) is 23.9. The third kappa shape index (κ3) is 7.13. The number of hydrogen-bond acceptors (Lipinski definition) is 5. The van der Waals surface area contributed by atoms with Crippen LogP contribution in [0, 0.1) is 11.8 Å². The number of amides is 1. The monoisotopic (exact) mass is 519 g/mol. The average Bonchev–Trinajstić information content (AvgIpc) is 3.56. The summed E-state index contributed by atoms with van der Waals surface area (Å²) in [6.45, 7) is 13.8. The number of methoxy groups -OCH3 is 1. The molecule has 0 atom stereocenters. The largest absolute Gasteiger partial charge is 0.497 e. The van der Waals surface area contributed by atoms with E-state index in [9.17, 15) is 4.79 Å². The molecule has 1 aromatic carbocycles. The van der Waals surface area contributed by atoms with Gasteiger partial charge in [0.2, 0.25) is 0 Å². The predicted molar refractivity (Wildman–Crippen MR) is 154 cm³/mol. The van der Waals surface area contributed by atoms with E-state index < -0.39 is 0 Å². The highest BCUT2D eigenvalue weighted by Crippen LogP contribution is 2.29. The molecule has 1 aliphatic heterocycles. The molecule has 0 N–H and O–H groups in total. The van der Waals surface area contributed by atoms with Crippen molar-refractivity contribution in [2.75, 3.05) is 39.8 Å². The first-order valence-electron chi connectivity index (χ1n) is 14.4. The summed E-state index contributed by atoms with van der Waals surface area (Å²) in [5.74, 6) is 1.93. The predicted octanol–water partition coefficient (Wildman–Crippen LogP) is 5.97. The minimum atomic E-state index is 0.0176. The molecule has 0 spiro atoms. The van der Waals surface area contributed by atoms with E-state index in [1.807, 2.05) is 33.8 Å². The normalized spacial score (nSPS) is 14.2. The summed E-state index contributed by atoms with van der Waals surface area (Å²) in [6.07, 6.45) is 8.38. The molecule has 0 bridgehead atoms. The summed E-state index contributed by atoms with van der Waals surface area (Å²) in [6, 6.07) is 9.87. The standard InChI is InChI=1S/C31H45N5O2/c1-23(2)14-20-35(21-15-24(3)4)31(37)28-16-22-36-30(32-28)27(9-8-19-34-17-6-7-18-34)29(33-36)25-10-12-26(38-5)13-11-25/h10-13,16,22-24H,6-9,14-15,17-21H2,1-5H3. The lowest BCUT2D eigenvalue weighted by Crippen LogP contribution is -2.34. The third-order valence-electron chi connectivity index (χ3n) is 7.50. The number of likely N-dealkylation sites (tertiary alicyclic amines) is 1. The Morgan fingerprint density at radius 2 is 1.66 bits per heavy atom. The first-order valence-corrected chi connectivity index (χ1v) is 14.4. The van der Waals surface area contributed by atoms with Gasteiger partial charge in [-0.3, -0.25) is 4.79 Å². The first kappa shape index (κ1) is 28.1.